The number of benzene rings is 1. The molecule has 1 aliphatic rings. The predicted octanol–water partition coefficient (Wildman–Crippen LogP) is 2.65. The van der Waals surface area contributed by atoms with E-state index in [-0.39, 0.29) is 11.8 Å². The molecule has 2 aromatic rings. The average Bonchev–Trinajstić information content (AvgIpc) is 2.83. The first kappa shape index (κ1) is 12.7. The van der Waals surface area contributed by atoms with Crippen LogP contribution in [-0.2, 0) is 4.74 Å². The maximum absolute atomic E-state index is 12.1. The van der Waals surface area contributed by atoms with Crippen molar-refractivity contribution in [1.29, 1.82) is 0 Å². The van der Waals surface area contributed by atoms with E-state index in [0.717, 1.165) is 11.9 Å². The third-order valence-corrected chi connectivity index (χ3v) is 3.42. The Morgan fingerprint density at radius 1 is 1.42 bits per heavy atom. The Bertz CT molecular complexity index is 602. The molecule has 1 N–H and O–H groups in total. The van der Waals surface area contributed by atoms with Crippen LogP contribution in [-0.4, -0.2) is 31.6 Å². The molecule has 1 unspecified atom stereocenters. The Hall–Kier alpha value is -1.36. The molecular formula is C14H14ClNO3. The lowest BCUT2D eigenvalue weighted by Gasteiger charge is -2.22. The van der Waals surface area contributed by atoms with Gasteiger partial charge in [-0.25, -0.2) is 0 Å². The number of fused-ring (bicyclic) bond motifs is 1. The number of halogens is 1. The second-order valence-electron chi connectivity index (χ2n) is 4.65. The van der Waals surface area contributed by atoms with Crippen LogP contribution in [0.1, 0.15) is 17.0 Å². The summed E-state index contributed by atoms with van der Waals surface area (Å²) in [6.07, 6.45) is 0.382. The summed E-state index contributed by atoms with van der Waals surface area (Å²) in [5.41, 5.74) is 0.681. The van der Waals surface area contributed by atoms with Crippen LogP contribution in [0.15, 0.2) is 28.7 Å². The fourth-order valence-corrected chi connectivity index (χ4v) is 2.41. The highest BCUT2D eigenvalue weighted by atomic mass is 35.5. The minimum Gasteiger partial charge on any atom is -0.453 e. The number of carbonyl (C=O) groups excluding carboxylic acids is 1. The lowest BCUT2D eigenvalue weighted by molar-refractivity contribution is 0.0666. The molecule has 0 amide bonds. The third-order valence-electron chi connectivity index (χ3n) is 3.18. The second-order valence-corrected chi connectivity index (χ2v) is 5.08. The van der Waals surface area contributed by atoms with Crippen molar-refractivity contribution in [2.24, 2.45) is 0 Å². The van der Waals surface area contributed by atoms with E-state index in [9.17, 15) is 4.79 Å². The number of morpholine rings is 1. The summed E-state index contributed by atoms with van der Waals surface area (Å²) >= 11 is 5.91. The van der Waals surface area contributed by atoms with E-state index < -0.39 is 0 Å². The minimum absolute atomic E-state index is 0.0182. The highest BCUT2D eigenvalue weighted by molar-refractivity contribution is 6.31. The fraction of sp³-hybridized carbons (Fsp3) is 0.357. The fourth-order valence-electron chi connectivity index (χ4n) is 2.23. The van der Waals surface area contributed by atoms with Crippen LogP contribution in [0, 0.1) is 0 Å². The normalized spacial score (nSPS) is 19.7. The number of hydrogen-bond donors (Lipinski definition) is 1. The van der Waals surface area contributed by atoms with E-state index in [0.29, 0.717) is 36.0 Å². The number of ketones is 1. The number of ether oxygens (including phenoxy) is 1. The first-order valence-corrected chi connectivity index (χ1v) is 6.63. The highest BCUT2D eigenvalue weighted by Gasteiger charge is 2.20. The molecule has 0 radical (unpaired) electrons. The van der Waals surface area contributed by atoms with Crippen molar-refractivity contribution in [2.45, 2.75) is 12.5 Å². The van der Waals surface area contributed by atoms with E-state index >= 15 is 0 Å². The third kappa shape index (κ3) is 2.81. The van der Waals surface area contributed by atoms with Crippen molar-refractivity contribution in [3.8, 4) is 0 Å². The number of carbonyl (C=O) groups is 1. The van der Waals surface area contributed by atoms with Gasteiger partial charge in [-0.15, -0.1) is 0 Å². The molecule has 0 aliphatic carbocycles. The quantitative estimate of drug-likeness (QED) is 0.878. The van der Waals surface area contributed by atoms with Crippen LogP contribution in [0.5, 0.6) is 0 Å². The van der Waals surface area contributed by atoms with Gasteiger partial charge in [-0.05, 0) is 24.3 Å². The molecule has 100 valence electrons. The standard InChI is InChI=1S/C14H14ClNO3/c15-10-1-2-13-9(5-10)6-14(19-13)12(17)7-11-8-18-4-3-16-11/h1-2,5-6,11,16H,3-4,7-8H2. The number of rotatable bonds is 3. The van der Waals surface area contributed by atoms with Crippen molar-refractivity contribution in [1.82, 2.24) is 5.32 Å². The summed E-state index contributed by atoms with van der Waals surface area (Å²) in [4.78, 5) is 12.1. The molecule has 5 heteroatoms. The molecule has 1 aromatic heterocycles. The van der Waals surface area contributed by atoms with E-state index in [4.69, 9.17) is 20.8 Å². The largest absolute Gasteiger partial charge is 0.453 e. The van der Waals surface area contributed by atoms with E-state index in [1.165, 1.54) is 0 Å². The Morgan fingerprint density at radius 2 is 2.32 bits per heavy atom. The second kappa shape index (κ2) is 5.33. The van der Waals surface area contributed by atoms with Crippen LogP contribution in [0.25, 0.3) is 11.0 Å². The van der Waals surface area contributed by atoms with Gasteiger partial charge in [0, 0.05) is 29.4 Å². The van der Waals surface area contributed by atoms with Crippen molar-refractivity contribution in [3.63, 3.8) is 0 Å². The van der Waals surface area contributed by atoms with Crippen LogP contribution >= 0.6 is 11.6 Å². The Morgan fingerprint density at radius 3 is 3.11 bits per heavy atom. The van der Waals surface area contributed by atoms with Crippen LogP contribution in [0.2, 0.25) is 5.02 Å². The van der Waals surface area contributed by atoms with Gasteiger partial charge in [-0.2, -0.15) is 0 Å². The Labute approximate surface area is 115 Å². The van der Waals surface area contributed by atoms with Gasteiger partial charge in [0.25, 0.3) is 0 Å². The average molecular weight is 280 g/mol. The number of furan rings is 1. The number of Topliss-reactive ketones (excluding diaryl/α,β-unsaturated/α-hetero) is 1. The first-order valence-electron chi connectivity index (χ1n) is 6.26. The lowest BCUT2D eigenvalue weighted by atomic mass is 10.1. The summed E-state index contributed by atoms with van der Waals surface area (Å²) in [6.45, 7) is 2.05. The maximum atomic E-state index is 12.1. The summed E-state index contributed by atoms with van der Waals surface area (Å²) in [7, 11) is 0. The summed E-state index contributed by atoms with van der Waals surface area (Å²) in [5.74, 6) is 0.361. The molecule has 2 heterocycles. The molecular weight excluding hydrogens is 266 g/mol. The zero-order valence-corrected chi connectivity index (χ0v) is 11.1. The van der Waals surface area contributed by atoms with E-state index in [2.05, 4.69) is 5.32 Å². The van der Waals surface area contributed by atoms with Crippen LogP contribution < -0.4 is 5.32 Å². The minimum atomic E-state index is -0.0182. The molecule has 0 saturated carbocycles. The molecule has 1 aliphatic heterocycles. The Kier molecular flexibility index (Phi) is 3.55. The summed E-state index contributed by atoms with van der Waals surface area (Å²) in [5, 5.41) is 4.74. The van der Waals surface area contributed by atoms with Gasteiger partial charge >= 0.3 is 0 Å². The summed E-state index contributed by atoms with van der Waals surface area (Å²) in [6, 6.07) is 7.12. The molecule has 4 nitrogen and oxygen atoms in total. The van der Waals surface area contributed by atoms with Crippen molar-refractivity contribution < 1.29 is 13.9 Å². The summed E-state index contributed by atoms with van der Waals surface area (Å²) < 4.78 is 10.9. The van der Waals surface area contributed by atoms with Gasteiger partial charge < -0.3 is 14.5 Å². The molecule has 0 spiro atoms. The predicted molar refractivity (Wildman–Crippen MR) is 72.8 cm³/mol. The molecule has 1 saturated heterocycles. The van der Waals surface area contributed by atoms with Crippen LogP contribution in [0.3, 0.4) is 0 Å². The number of hydrogen-bond acceptors (Lipinski definition) is 4. The van der Waals surface area contributed by atoms with E-state index in [1.54, 1.807) is 24.3 Å². The SMILES string of the molecule is O=C(CC1COCCN1)c1cc2cc(Cl)ccc2o1. The van der Waals surface area contributed by atoms with Gasteiger partial charge in [0.15, 0.2) is 11.5 Å². The highest BCUT2D eigenvalue weighted by Crippen LogP contribution is 2.24. The van der Waals surface area contributed by atoms with Crippen molar-refractivity contribution in [3.05, 3.63) is 35.0 Å². The smallest absolute Gasteiger partial charge is 0.199 e. The van der Waals surface area contributed by atoms with Gasteiger partial charge in [0.1, 0.15) is 5.58 Å². The molecule has 0 bridgehead atoms. The number of nitrogens with one attached hydrogen (secondary N) is 1. The zero-order valence-electron chi connectivity index (χ0n) is 10.3. The molecule has 19 heavy (non-hydrogen) atoms. The Balaban J connectivity index is 1.77. The molecule has 3 rings (SSSR count). The van der Waals surface area contributed by atoms with Crippen LogP contribution in [0.4, 0.5) is 0 Å². The van der Waals surface area contributed by atoms with Gasteiger partial charge in [0.2, 0.25) is 0 Å². The van der Waals surface area contributed by atoms with Crippen molar-refractivity contribution in [2.75, 3.05) is 19.8 Å². The first-order chi connectivity index (χ1) is 9.22. The van der Waals surface area contributed by atoms with Gasteiger partial charge in [-0.3, -0.25) is 4.79 Å². The monoisotopic (exact) mass is 279 g/mol. The van der Waals surface area contributed by atoms with E-state index in [1.807, 2.05) is 0 Å². The van der Waals surface area contributed by atoms with Crippen molar-refractivity contribution >= 4 is 28.4 Å². The molecule has 1 atom stereocenters. The lowest BCUT2D eigenvalue weighted by Crippen LogP contribution is -2.42. The van der Waals surface area contributed by atoms with Gasteiger partial charge in [0.05, 0.1) is 13.2 Å². The molecule has 1 aromatic carbocycles. The van der Waals surface area contributed by atoms with Gasteiger partial charge in [-0.1, -0.05) is 11.6 Å². The maximum Gasteiger partial charge on any atom is 0.199 e. The molecule has 1 fully saturated rings. The topological polar surface area (TPSA) is 51.5 Å². The zero-order chi connectivity index (χ0) is 13.2.